The Morgan fingerprint density at radius 2 is 1.92 bits per heavy atom. The number of rotatable bonds is 14. The van der Waals surface area contributed by atoms with Crippen LogP contribution in [0.1, 0.15) is 51.9 Å². The highest BCUT2D eigenvalue weighted by molar-refractivity contribution is 9.10. The molecule has 1 fully saturated rings. The van der Waals surface area contributed by atoms with Crippen LogP contribution in [-0.4, -0.2) is 60.8 Å². The maximum Gasteiger partial charge on any atom is 0.320 e. The molecule has 0 bridgehead atoms. The predicted octanol–water partition coefficient (Wildman–Crippen LogP) is 6.75. The Bertz CT molecular complexity index is 1220. The van der Waals surface area contributed by atoms with E-state index in [0.29, 0.717) is 43.0 Å². The van der Waals surface area contributed by atoms with E-state index in [1.165, 1.54) is 12.8 Å². The van der Waals surface area contributed by atoms with E-state index in [4.69, 9.17) is 14.2 Å². The molecule has 0 radical (unpaired) electrons. The average Bonchev–Trinajstić information content (AvgIpc) is 2.94. The molecular weight excluding hydrogens is 560 g/mol. The average molecular weight is 600 g/mol. The number of piperidine rings is 1. The lowest BCUT2D eigenvalue weighted by Gasteiger charge is -2.31. The van der Waals surface area contributed by atoms with Gasteiger partial charge in [-0.2, -0.15) is 0 Å². The zero-order valence-corrected chi connectivity index (χ0v) is 24.5. The molecule has 0 unspecified atom stereocenters. The van der Waals surface area contributed by atoms with Crippen molar-refractivity contribution in [2.45, 2.75) is 51.9 Å². The number of likely N-dealkylation sites (tertiary alicyclic amines) is 1. The van der Waals surface area contributed by atoms with E-state index in [-0.39, 0.29) is 5.97 Å². The van der Waals surface area contributed by atoms with Crippen LogP contribution in [0.5, 0.6) is 11.5 Å². The number of carbonyl (C=O) groups is 1. The van der Waals surface area contributed by atoms with Crippen LogP contribution in [0.4, 0.5) is 11.5 Å². The number of aromatic nitrogens is 2. The number of unbranched alkanes of at least 4 members (excludes halogenated alkanes) is 3. The first-order valence-electron chi connectivity index (χ1n) is 13.9. The highest BCUT2D eigenvalue weighted by Gasteiger charge is 2.22. The fourth-order valence-electron chi connectivity index (χ4n) is 4.85. The summed E-state index contributed by atoms with van der Waals surface area (Å²) in [4.78, 5) is 23.2. The largest absolute Gasteiger partial charge is 0.493 e. The number of nitrogens with zero attached hydrogens (tertiary/aromatic N) is 3. The summed E-state index contributed by atoms with van der Waals surface area (Å²) in [5.74, 6) is 2.50. The molecule has 1 N–H and O–H groups in total. The number of anilines is 2. The van der Waals surface area contributed by atoms with Crippen LogP contribution in [0.2, 0.25) is 0 Å². The van der Waals surface area contributed by atoms with Crippen molar-refractivity contribution in [3.05, 3.63) is 47.2 Å². The summed E-state index contributed by atoms with van der Waals surface area (Å²) in [6, 6.07) is 11.8. The molecule has 1 aliphatic heterocycles. The molecule has 8 nitrogen and oxygen atoms in total. The monoisotopic (exact) mass is 598 g/mol. The van der Waals surface area contributed by atoms with Gasteiger partial charge in [0, 0.05) is 21.6 Å². The van der Waals surface area contributed by atoms with Gasteiger partial charge in [0.1, 0.15) is 12.1 Å². The number of ether oxygens (including phenoxy) is 3. The van der Waals surface area contributed by atoms with Crippen molar-refractivity contribution in [1.82, 2.24) is 14.9 Å². The van der Waals surface area contributed by atoms with Gasteiger partial charge in [-0.25, -0.2) is 9.97 Å². The Morgan fingerprint density at radius 1 is 1.08 bits per heavy atom. The maximum atomic E-state index is 12.1. The number of nitrogens with one attached hydrogen (secondary N) is 1. The van der Waals surface area contributed by atoms with Gasteiger partial charge >= 0.3 is 5.97 Å². The molecule has 210 valence electrons. The van der Waals surface area contributed by atoms with Crippen molar-refractivity contribution in [2.24, 2.45) is 5.92 Å². The van der Waals surface area contributed by atoms with Gasteiger partial charge in [0.05, 0.1) is 32.4 Å². The molecule has 1 aliphatic rings. The maximum absolute atomic E-state index is 12.1. The Hall–Kier alpha value is -2.91. The fraction of sp³-hybridized carbons (Fsp3) is 0.500. The van der Waals surface area contributed by atoms with Gasteiger partial charge in [-0.05, 0) is 69.0 Å². The number of fused-ring (bicyclic) bond motifs is 1. The second-order valence-corrected chi connectivity index (χ2v) is 10.9. The van der Waals surface area contributed by atoms with Crippen molar-refractivity contribution < 1.29 is 19.0 Å². The minimum absolute atomic E-state index is 0.102. The second-order valence-electron chi connectivity index (χ2n) is 10.0. The van der Waals surface area contributed by atoms with Gasteiger partial charge in [-0.1, -0.05) is 48.2 Å². The summed E-state index contributed by atoms with van der Waals surface area (Å²) in [7, 11) is 1.64. The molecule has 39 heavy (non-hydrogen) atoms. The summed E-state index contributed by atoms with van der Waals surface area (Å²) in [6.07, 6.45) is 9.06. The number of benzene rings is 2. The van der Waals surface area contributed by atoms with Crippen LogP contribution in [0.3, 0.4) is 0 Å². The molecule has 0 spiro atoms. The minimum atomic E-state index is -0.102. The lowest BCUT2D eigenvalue weighted by Crippen LogP contribution is -2.38. The molecule has 0 saturated carbocycles. The van der Waals surface area contributed by atoms with Crippen LogP contribution >= 0.6 is 15.9 Å². The van der Waals surface area contributed by atoms with E-state index in [0.717, 1.165) is 66.3 Å². The first-order valence-corrected chi connectivity index (χ1v) is 14.7. The van der Waals surface area contributed by atoms with Gasteiger partial charge in [-0.3, -0.25) is 9.69 Å². The van der Waals surface area contributed by atoms with E-state index in [9.17, 15) is 4.79 Å². The fourth-order valence-corrected chi connectivity index (χ4v) is 5.25. The van der Waals surface area contributed by atoms with Crippen LogP contribution in [-0.2, 0) is 9.53 Å². The topological polar surface area (TPSA) is 85.8 Å². The molecule has 0 amide bonds. The highest BCUT2D eigenvalue weighted by atomic mass is 79.9. The summed E-state index contributed by atoms with van der Waals surface area (Å²) in [5, 5.41) is 4.24. The molecule has 2 aromatic carbocycles. The second kappa shape index (κ2) is 15.0. The molecule has 2 heterocycles. The molecule has 1 saturated heterocycles. The zero-order chi connectivity index (χ0) is 27.5. The van der Waals surface area contributed by atoms with E-state index in [2.05, 4.69) is 43.0 Å². The van der Waals surface area contributed by atoms with Crippen LogP contribution < -0.4 is 14.8 Å². The number of carbonyl (C=O) groups excluding carboxylic acids is 1. The predicted molar refractivity (Wildman–Crippen MR) is 158 cm³/mol. The quantitative estimate of drug-likeness (QED) is 0.161. The zero-order valence-electron chi connectivity index (χ0n) is 23.0. The molecule has 0 aliphatic carbocycles. The molecule has 1 aromatic heterocycles. The molecular formula is C30H39BrN4O4. The first-order chi connectivity index (χ1) is 19.1. The van der Waals surface area contributed by atoms with E-state index >= 15 is 0 Å². The van der Waals surface area contributed by atoms with Crippen molar-refractivity contribution in [2.75, 3.05) is 45.3 Å². The van der Waals surface area contributed by atoms with Crippen LogP contribution in [0.25, 0.3) is 10.9 Å². The molecule has 9 heteroatoms. The summed E-state index contributed by atoms with van der Waals surface area (Å²) < 4.78 is 18.2. The number of halogens is 1. The van der Waals surface area contributed by atoms with Crippen molar-refractivity contribution in [3.63, 3.8) is 0 Å². The van der Waals surface area contributed by atoms with Crippen molar-refractivity contribution >= 4 is 44.3 Å². The van der Waals surface area contributed by atoms with Crippen molar-refractivity contribution in [3.8, 4) is 11.5 Å². The SMILES string of the molecule is CCCCCCOC(=O)CN1CCC(CCOc2cc3c(Nc4cccc(Br)c4)ncnc3cc2OC)CC1. The Morgan fingerprint density at radius 3 is 2.69 bits per heavy atom. The highest BCUT2D eigenvalue weighted by Crippen LogP contribution is 2.35. The van der Waals surface area contributed by atoms with Crippen molar-refractivity contribution in [1.29, 1.82) is 0 Å². The summed E-state index contributed by atoms with van der Waals surface area (Å²) in [5.41, 5.74) is 1.70. The van der Waals surface area contributed by atoms with Crippen LogP contribution in [0, 0.1) is 5.92 Å². The summed E-state index contributed by atoms with van der Waals surface area (Å²) in [6.45, 7) is 5.53. The number of methoxy groups -OCH3 is 1. The third-order valence-electron chi connectivity index (χ3n) is 7.11. The molecule has 0 atom stereocenters. The van der Waals surface area contributed by atoms with Gasteiger partial charge < -0.3 is 19.5 Å². The molecule has 4 rings (SSSR count). The normalized spacial score (nSPS) is 14.3. The Kier molecular flexibility index (Phi) is 11.2. The lowest BCUT2D eigenvalue weighted by atomic mass is 9.94. The minimum Gasteiger partial charge on any atom is -0.493 e. The smallest absolute Gasteiger partial charge is 0.320 e. The van der Waals surface area contributed by atoms with Gasteiger partial charge in [-0.15, -0.1) is 0 Å². The summed E-state index contributed by atoms with van der Waals surface area (Å²) >= 11 is 3.51. The van der Waals surface area contributed by atoms with Gasteiger partial charge in [0.2, 0.25) is 0 Å². The molecule has 3 aromatic rings. The van der Waals surface area contributed by atoms with Gasteiger partial charge in [0.25, 0.3) is 0 Å². The number of hydrogen-bond acceptors (Lipinski definition) is 8. The third-order valence-corrected chi connectivity index (χ3v) is 7.61. The third kappa shape index (κ3) is 8.80. The number of hydrogen-bond donors (Lipinski definition) is 1. The van der Waals surface area contributed by atoms with E-state index < -0.39 is 0 Å². The standard InChI is InChI=1S/C30H39BrN4O4/c1-3-4-5-6-15-39-29(36)20-35-13-10-22(11-14-35)12-16-38-28-18-25-26(19-27(28)37-2)32-21-33-30(25)34-24-9-7-8-23(31)17-24/h7-9,17-19,21-22H,3-6,10-16,20H2,1-2H3,(H,32,33,34). The van der Waals surface area contributed by atoms with Gasteiger partial charge in [0.15, 0.2) is 11.5 Å². The Labute approximate surface area is 239 Å². The van der Waals surface area contributed by atoms with E-state index in [1.807, 2.05) is 36.4 Å². The first kappa shape index (κ1) is 29.1. The Balaban J connectivity index is 1.27. The lowest BCUT2D eigenvalue weighted by molar-refractivity contribution is -0.145. The number of esters is 1. The van der Waals surface area contributed by atoms with E-state index in [1.54, 1.807) is 13.4 Å². The van der Waals surface area contributed by atoms with Crippen LogP contribution in [0.15, 0.2) is 47.2 Å².